The van der Waals surface area contributed by atoms with Gasteiger partial charge in [-0.15, -0.1) is 6.58 Å². The van der Waals surface area contributed by atoms with Crippen LogP contribution >= 0.6 is 36.0 Å². The Labute approximate surface area is 136 Å². The zero-order valence-electron chi connectivity index (χ0n) is 10.7. The number of hydrogen-bond donors (Lipinski definition) is 4. The molecule has 112 valence electrons. The molecular formula is C11H12ClN5O2S2. The van der Waals surface area contributed by atoms with Crippen molar-refractivity contribution in [3.05, 3.63) is 46.0 Å². The van der Waals surface area contributed by atoms with Crippen molar-refractivity contribution in [1.29, 1.82) is 0 Å². The summed E-state index contributed by atoms with van der Waals surface area (Å²) >= 11 is 15.9. The zero-order chi connectivity index (χ0) is 15.8. The Kier molecular flexibility index (Phi) is 6.79. The van der Waals surface area contributed by atoms with Gasteiger partial charge in [0.15, 0.2) is 10.2 Å². The predicted octanol–water partition coefficient (Wildman–Crippen LogP) is 2.10. The molecule has 0 saturated heterocycles. The summed E-state index contributed by atoms with van der Waals surface area (Å²) in [5.74, 6) is 0. The monoisotopic (exact) mass is 345 g/mol. The number of benzene rings is 1. The first-order chi connectivity index (χ1) is 9.93. The molecule has 21 heavy (non-hydrogen) atoms. The number of nitro groups is 1. The van der Waals surface area contributed by atoms with E-state index in [1.807, 2.05) is 0 Å². The van der Waals surface area contributed by atoms with E-state index < -0.39 is 4.92 Å². The minimum atomic E-state index is -0.523. The summed E-state index contributed by atoms with van der Waals surface area (Å²) in [6.07, 6.45) is 1.65. The molecule has 0 spiro atoms. The average molecular weight is 346 g/mol. The second-order valence-corrected chi connectivity index (χ2v) is 4.85. The number of anilines is 1. The fourth-order valence-corrected chi connectivity index (χ4v) is 1.66. The molecule has 1 aromatic carbocycles. The van der Waals surface area contributed by atoms with E-state index in [0.29, 0.717) is 22.4 Å². The molecule has 0 aliphatic carbocycles. The highest BCUT2D eigenvalue weighted by atomic mass is 35.5. The van der Waals surface area contributed by atoms with Crippen LogP contribution in [0.3, 0.4) is 0 Å². The number of nitrogens with zero attached hydrogens (tertiary/aromatic N) is 1. The van der Waals surface area contributed by atoms with Crippen molar-refractivity contribution in [1.82, 2.24) is 16.2 Å². The van der Waals surface area contributed by atoms with E-state index in [1.54, 1.807) is 6.08 Å². The molecule has 1 rings (SSSR count). The number of rotatable bonds is 4. The third-order valence-electron chi connectivity index (χ3n) is 2.11. The number of hydrazine groups is 1. The fraction of sp³-hybridized carbons (Fsp3) is 0.0909. The van der Waals surface area contributed by atoms with E-state index in [4.69, 9.17) is 36.0 Å². The van der Waals surface area contributed by atoms with Crippen molar-refractivity contribution in [3.63, 3.8) is 0 Å². The van der Waals surface area contributed by atoms with Gasteiger partial charge in [0, 0.05) is 18.7 Å². The first-order valence-corrected chi connectivity index (χ1v) is 6.79. The summed E-state index contributed by atoms with van der Waals surface area (Å²) in [6.45, 7) is 4.04. The largest absolute Gasteiger partial charge is 0.358 e. The number of halogens is 1. The molecule has 0 aromatic heterocycles. The molecule has 0 atom stereocenters. The second-order valence-electron chi connectivity index (χ2n) is 3.62. The third-order valence-corrected chi connectivity index (χ3v) is 2.89. The molecule has 0 saturated carbocycles. The Hall–Kier alpha value is -1.97. The van der Waals surface area contributed by atoms with E-state index in [0.717, 1.165) is 0 Å². The summed E-state index contributed by atoms with van der Waals surface area (Å²) in [6, 6.07) is 4.00. The Bertz CT molecular complexity index is 582. The van der Waals surface area contributed by atoms with E-state index in [-0.39, 0.29) is 10.8 Å². The molecule has 0 amide bonds. The van der Waals surface area contributed by atoms with Crippen molar-refractivity contribution in [2.24, 2.45) is 0 Å². The number of nitro benzene ring substituents is 1. The van der Waals surface area contributed by atoms with Gasteiger partial charge < -0.3 is 10.6 Å². The molecule has 1 aromatic rings. The molecule has 10 heteroatoms. The van der Waals surface area contributed by atoms with Crippen LogP contribution in [0.15, 0.2) is 30.9 Å². The Morgan fingerprint density at radius 2 is 2.05 bits per heavy atom. The van der Waals surface area contributed by atoms with Gasteiger partial charge in [0.25, 0.3) is 5.69 Å². The van der Waals surface area contributed by atoms with Gasteiger partial charge in [0.05, 0.1) is 15.6 Å². The van der Waals surface area contributed by atoms with Gasteiger partial charge in [-0.3, -0.25) is 21.0 Å². The molecule has 0 fully saturated rings. The lowest BCUT2D eigenvalue weighted by Crippen LogP contribution is -2.48. The molecule has 0 heterocycles. The van der Waals surface area contributed by atoms with E-state index in [2.05, 4.69) is 28.1 Å². The summed E-state index contributed by atoms with van der Waals surface area (Å²) in [4.78, 5) is 10.2. The Morgan fingerprint density at radius 1 is 1.38 bits per heavy atom. The molecule has 0 aliphatic heterocycles. The van der Waals surface area contributed by atoms with Gasteiger partial charge in [0.1, 0.15) is 0 Å². The van der Waals surface area contributed by atoms with Crippen LogP contribution in [0.2, 0.25) is 5.02 Å². The Balaban J connectivity index is 2.58. The first kappa shape index (κ1) is 17.1. The molecule has 4 N–H and O–H groups in total. The Morgan fingerprint density at radius 3 is 2.67 bits per heavy atom. The number of hydrogen-bond acceptors (Lipinski definition) is 4. The highest BCUT2D eigenvalue weighted by Crippen LogP contribution is 2.26. The number of nitrogens with one attached hydrogen (secondary N) is 4. The first-order valence-electron chi connectivity index (χ1n) is 5.59. The predicted molar refractivity (Wildman–Crippen MR) is 91.4 cm³/mol. The maximum absolute atomic E-state index is 10.7. The van der Waals surface area contributed by atoms with Crippen LogP contribution < -0.4 is 21.5 Å². The summed E-state index contributed by atoms with van der Waals surface area (Å²) < 4.78 is 0. The zero-order valence-corrected chi connectivity index (χ0v) is 13.1. The van der Waals surface area contributed by atoms with Crippen LogP contribution in [0.25, 0.3) is 0 Å². The highest BCUT2D eigenvalue weighted by molar-refractivity contribution is 7.80. The van der Waals surface area contributed by atoms with E-state index in [1.165, 1.54) is 18.2 Å². The van der Waals surface area contributed by atoms with Crippen LogP contribution in [-0.2, 0) is 0 Å². The van der Waals surface area contributed by atoms with Gasteiger partial charge >= 0.3 is 0 Å². The van der Waals surface area contributed by atoms with Crippen molar-refractivity contribution in [2.75, 3.05) is 11.9 Å². The molecule has 0 unspecified atom stereocenters. The SMILES string of the molecule is C=CCNC(=S)NNC(=S)Nc1cc([N+](=O)[O-])ccc1Cl. The number of thiocarbonyl (C=S) groups is 2. The second kappa shape index (κ2) is 8.35. The normalized spacial score (nSPS) is 9.38. The van der Waals surface area contributed by atoms with Crippen molar-refractivity contribution < 1.29 is 4.92 Å². The topological polar surface area (TPSA) is 91.3 Å². The molecule has 0 aliphatic rings. The standard InChI is InChI=1S/C11H12ClN5O2S2/c1-2-5-13-10(20)15-16-11(21)14-9-6-7(17(18)19)3-4-8(9)12/h2-4,6H,1,5H2,(H2,13,15,20)(H2,14,16,21). The summed E-state index contributed by atoms with van der Waals surface area (Å²) in [7, 11) is 0. The van der Waals surface area contributed by atoms with E-state index in [9.17, 15) is 10.1 Å². The molecule has 0 radical (unpaired) electrons. The molecule has 0 bridgehead atoms. The summed E-state index contributed by atoms with van der Waals surface area (Å²) in [5, 5.41) is 17.0. The minimum Gasteiger partial charge on any atom is -0.358 e. The van der Waals surface area contributed by atoms with Gasteiger partial charge in [-0.05, 0) is 30.5 Å². The smallest absolute Gasteiger partial charge is 0.271 e. The average Bonchev–Trinajstić information content (AvgIpc) is 2.45. The van der Waals surface area contributed by atoms with Crippen molar-refractivity contribution in [2.45, 2.75) is 0 Å². The highest BCUT2D eigenvalue weighted by Gasteiger charge is 2.10. The van der Waals surface area contributed by atoms with Gasteiger partial charge in [0.2, 0.25) is 0 Å². The maximum Gasteiger partial charge on any atom is 0.271 e. The van der Waals surface area contributed by atoms with Crippen LogP contribution in [-0.4, -0.2) is 21.7 Å². The lowest BCUT2D eigenvalue weighted by Gasteiger charge is -2.14. The lowest BCUT2D eigenvalue weighted by molar-refractivity contribution is -0.384. The lowest BCUT2D eigenvalue weighted by atomic mass is 10.3. The van der Waals surface area contributed by atoms with Crippen molar-refractivity contribution >= 4 is 57.6 Å². The third kappa shape index (κ3) is 5.90. The summed E-state index contributed by atoms with van der Waals surface area (Å²) in [5.41, 5.74) is 5.47. The van der Waals surface area contributed by atoms with Crippen LogP contribution in [0.4, 0.5) is 11.4 Å². The van der Waals surface area contributed by atoms with Gasteiger partial charge in [-0.1, -0.05) is 17.7 Å². The van der Waals surface area contributed by atoms with Crippen LogP contribution in [0, 0.1) is 10.1 Å². The molecular weight excluding hydrogens is 334 g/mol. The van der Waals surface area contributed by atoms with Crippen LogP contribution in [0.1, 0.15) is 0 Å². The quantitative estimate of drug-likeness (QED) is 0.285. The van der Waals surface area contributed by atoms with Crippen molar-refractivity contribution in [3.8, 4) is 0 Å². The van der Waals surface area contributed by atoms with Crippen LogP contribution in [0.5, 0.6) is 0 Å². The fourth-order valence-electron chi connectivity index (χ4n) is 1.20. The van der Waals surface area contributed by atoms with E-state index >= 15 is 0 Å². The minimum absolute atomic E-state index is 0.0965. The maximum atomic E-state index is 10.7. The molecule has 7 nitrogen and oxygen atoms in total. The number of non-ortho nitro benzene ring substituents is 1. The van der Waals surface area contributed by atoms with Gasteiger partial charge in [-0.2, -0.15) is 0 Å². The van der Waals surface area contributed by atoms with Gasteiger partial charge in [-0.25, -0.2) is 0 Å².